The van der Waals surface area contributed by atoms with Crippen molar-refractivity contribution in [2.45, 2.75) is 0 Å². The van der Waals surface area contributed by atoms with Gasteiger partial charge in [-0.15, -0.1) is 4.91 Å². The van der Waals surface area contributed by atoms with E-state index in [1.54, 1.807) is 0 Å². The average Bonchev–Trinajstić information content (AvgIpc) is 2.17. The van der Waals surface area contributed by atoms with Crippen LogP contribution >= 0.6 is 0 Å². The van der Waals surface area contributed by atoms with Gasteiger partial charge in [-0.25, -0.2) is 4.79 Å². The summed E-state index contributed by atoms with van der Waals surface area (Å²) in [7, 11) is 1.32. The largest absolute Gasteiger partial charge is 0.492 e. The molecule has 0 aliphatic heterocycles. The summed E-state index contributed by atoms with van der Waals surface area (Å²) in [5.41, 5.74) is -0.563. The van der Waals surface area contributed by atoms with Gasteiger partial charge in [0, 0.05) is 7.05 Å². The number of H-pyrrole nitrogens is 1. The van der Waals surface area contributed by atoms with Crippen molar-refractivity contribution in [3.8, 4) is 5.88 Å². The molecule has 1 rings (SSSR count). The first-order chi connectivity index (χ1) is 4.66. The van der Waals surface area contributed by atoms with Gasteiger partial charge >= 0.3 is 5.69 Å². The zero-order valence-electron chi connectivity index (χ0n) is 5.16. The number of rotatable bonds is 1. The Morgan fingerprint density at radius 3 is 2.50 bits per heavy atom. The zero-order valence-corrected chi connectivity index (χ0v) is 5.16. The van der Waals surface area contributed by atoms with Gasteiger partial charge in [-0.3, -0.25) is 9.55 Å². The molecule has 0 fully saturated rings. The lowest BCUT2D eigenvalue weighted by molar-refractivity contribution is 0.431. The van der Waals surface area contributed by atoms with Crippen molar-refractivity contribution >= 4 is 5.82 Å². The Morgan fingerprint density at radius 1 is 1.70 bits per heavy atom. The summed E-state index contributed by atoms with van der Waals surface area (Å²) in [6.07, 6.45) is 0. The van der Waals surface area contributed by atoms with E-state index in [1.807, 2.05) is 4.98 Å². The fourth-order valence-electron chi connectivity index (χ4n) is 0.560. The maximum absolute atomic E-state index is 10.6. The average molecular weight is 143 g/mol. The molecule has 6 heteroatoms. The van der Waals surface area contributed by atoms with Gasteiger partial charge in [0.05, 0.1) is 0 Å². The summed E-state index contributed by atoms with van der Waals surface area (Å²) in [6.45, 7) is 0. The molecule has 0 bridgehead atoms. The van der Waals surface area contributed by atoms with E-state index in [0.29, 0.717) is 0 Å². The van der Waals surface area contributed by atoms with E-state index in [-0.39, 0.29) is 5.82 Å². The molecule has 0 aliphatic rings. The molecule has 0 unspecified atom stereocenters. The van der Waals surface area contributed by atoms with Crippen molar-refractivity contribution < 1.29 is 5.11 Å². The number of aromatic amines is 1. The van der Waals surface area contributed by atoms with Gasteiger partial charge in [-0.1, -0.05) is 0 Å². The quantitative estimate of drug-likeness (QED) is 0.534. The van der Waals surface area contributed by atoms with Gasteiger partial charge in [0.25, 0.3) is 0 Å². The lowest BCUT2D eigenvalue weighted by Crippen LogP contribution is -2.11. The van der Waals surface area contributed by atoms with Crippen molar-refractivity contribution in [1.29, 1.82) is 0 Å². The predicted octanol–water partition coefficient (Wildman–Crippen LogP) is -0.183. The molecule has 10 heavy (non-hydrogen) atoms. The molecule has 2 N–H and O–H groups in total. The van der Waals surface area contributed by atoms with E-state index in [9.17, 15) is 9.70 Å². The summed E-state index contributed by atoms with van der Waals surface area (Å²) >= 11 is 0. The predicted molar refractivity (Wildman–Crippen MR) is 33.2 cm³/mol. The molecule has 0 atom stereocenters. The van der Waals surface area contributed by atoms with E-state index < -0.39 is 11.6 Å². The maximum atomic E-state index is 10.6. The van der Waals surface area contributed by atoms with Gasteiger partial charge in [0.2, 0.25) is 11.7 Å². The highest BCUT2D eigenvalue weighted by atomic mass is 16.3. The minimum atomic E-state index is -0.563. The third-order valence-corrected chi connectivity index (χ3v) is 1.15. The molecule has 1 aromatic heterocycles. The molecule has 0 spiro atoms. The maximum Gasteiger partial charge on any atom is 0.329 e. The van der Waals surface area contributed by atoms with Crippen LogP contribution in [0.4, 0.5) is 5.82 Å². The van der Waals surface area contributed by atoms with Crippen LogP contribution in [0.1, 0.15) is 0 Å². The molecule has 1 aromatic rings. The van der Waals surface area contributed by atoms with Crippen molar-refractivity contribution in [3.05, 3.63) is 15.4 Å². The molecule has 6 nitrogen and oxygen atoms in total. The summed E-state index contributed by atoms with van der Waals surface area (Å²) in [6, 6.07) is 0. The van der Waals surface area contributed by atoms with Crippen LogP contribution in [0.15, 0.2) is 9.97 Å². The summed E-state index contributed by atoms with van der Waals surface area (Å²) < 4.78 is 0.886. The van der Waals surface area contributed by atoms with Crippen LogP contribution in [0.2, 0.25) is 0 Å². The highest BCUT2D eigenvalue weighted by Crippen LogP contribution is 2.18. The first kappa shape index (κ1) is 6.53. The molecule has 0 amide bonds. The smallest absolute Gasteiger partial charge is 0.329 e. The monoisotopic (exact) mass is 143 g/mol. The van der Waals surface area contributed by atoms with Crippen LogP contribution < -0.4 is 5.69 Å². The molecule has 0 radical (unpaired) electrons. The van der Waals surface area contributed by atoms with Crippen molar-refractivity contribution in [2.24, 2.45) is 12.2 Å². The topological polar surface area (TPSA) is 87.4 Å². The van der Waals surface area contributed by atoms with Gasteiger partial charge in [-0.05, 0) is 5.18 Å². The highest BCUT2D eigenvalue weighted by Gasteiger charge is 2.08. The number of imidazole rings is 1. The molecule has 0 aliphatic carbocycles. The van der Waals surface area contributed by atoms with Crippen molar-refractivity contribution in [3.63, 3.8) is 0 Å². The van der Waals surface area contributed by atoms with Crippen molar-refractivity contribution in [1.82, 2.24) is 9.55 Å². The highest BCUT2D eigenvalue weighted by molar-refractivity contribution is 5.38. The molecule has 54 valence electrons. The number of hydrogen-bond donors (Lipinski definition) is 2. The fraction of sp³-hybridized carbons (Fsp3) is 0.250. The van der Waals surface area contributed by atoms with Crippen LogP contribution in [-0.2, 0) is 7.05 Å². The minimum Gasteiger partial charge on any atom is -0.492 e. The summed E-state index contributed by atoms with van der Waals surface area (Å²) in [5, 5.41) is 11.2. The summed E-state index contributed by atoms with van der Waals surface area (Å²) in [4.78, 5) is 22.4. The normalized spacial score (nSPS) is 9.70. The zero-order chi connectivity index (χ0) is 7.72. The Hall–Kier alpha value is -1.59. The Morgan fingerprint density at radius 2 is 2.30 bits per heavy atom. The van der Waals surface area contributed by atoms with Gasteiger partial charge in [0.15, 0.2) is 0 Å². The van der Waals surface area contributed by atoms with Crippen LogP contribution in [0, 0.1) is 4.91 Å². The number of nitroso groups, excluding NO2 is 1. The first-order valence-corrected chi connectivity index (χ1v) is 2.48. The standard InChI is InChI=1S/C4H5N3O3/c1-7-3(8)2(6-10)5-4(7)9/h8H,1H3,(H,5,9). The number of aromatic nitrogens is 2. The Balaban J connectivity index is 3.45. The fourth-order valence-corrected chi connectivity index (χ4v) is 0.560. The number of hydrogen-bond acceptors (Lipinski definition) is 4. The van der Waals surface area contributed by atoms with E-state index in [0.717, 1.165) is 4.57 Å². The third-order valence-electron chi connectivity index (χ3n) is 1.15. The first-order valence-electron chi connectivity index (χ1n) is 2.48. The Labute approximate surface area is 55.1 Å². The lowest BCUT2D eigenvalue weighted by atomic mass is 10.7. The van der Waals surface area contributed by atoms with Crippen LogP contribution in [0.3, 0.4) is 0 Å². The number of aromatic hydroxyl groups is 1. The Kier molecular flexibility index (Phi) is 1.29. The van der Waals surface area contributed by atoms with Gasteiger partial charge in [0.1, 0.15) is 0 Å². The number of nitrogens with one attached hydrogen (secondary N) is 1. The third kappa shape index (κ3) is 0.697. The SMILES string of the molecule is Cn1c(O)c(N=O)[nH]c1=O. The van der Waals surface area contributed by atoms with Crippen LogP contribution in [0.5, 0.6) is 5.88 Å². The lowest BCUT2D eigenvalue weighted by Gasteiger charge is -1.87. The molecule has 0 saturated carbocycles. The van der Waals surface area contributed by atoms with E-state index in [1.165, 1.54) is 7.05 Å². The second kappa shape index (κ2) is 1.98. The van der Waals surface area contributed by atoms with E-state index in [4.69, 9.17) is 5.11 Å². The molecule has 0 saturated heterocycles. The van der Waals surface area contributed by atoms with Crippen LogP contribution in [-0.4, -0.2) is 14.7 Å². The van der Waals surface area contributed by atoms with Crippen LogP contribution in [0.25, 0.3) is 0 Å². The van der Waals surface area contributed by atoms with Gasteiger partial charge in [-0.2, -0.15) is 0 Å². The van der Waals surface area contributed by atoms with E-state index in [2.05, 4.69) is 5.18 Å². The van der Waals surface area contributed by atoms with Gasteiger partial charge < -0.3 is 5.11 Å². The molecular weight excluding hydrogens is 138 g/mol. The summed E-state index contributed by atoms with van der Waals surface area (Å²) in [5.74, 6) is -0.785. The number of nitrogens with zero attached hydrogens (tertiary/aromatic N) is 2. The second-order valence-electron chi connectivity index (χ2n) is 1.75. The second-order valence-corrected chi connectivity index (χ2v) is 1.75. The van der Waals surface area contributed by atoms with Crippen molar-refractivity contribution in [2.75, 3.05) is 0 Å². The minimum absolute atomic E-state index is 0.340. The molecule has 0 aromatic carbocycles. The van der Waals surface area contributed by atoms with E-state index >= 15 is 0 Å². The molecule has 1 heterocycles. The Bertz CT molecular complexity index is 310. The molecular formula is C4H5N3O3.